The summed E-state index contributed by atoms with van der Waals surface area (Å²) in [4.78, 5) is 22.1. The van der Waals surface area contributed by atoms with Crippen LogP contribution in [-0.4, -0.2) is 48.5 Å². The second-order valence-electron chi connectivity index (χ2n) is 7.37. The molecule has 9 nitrogen and oxygen atoms in total. The average molecular weight is 399 g/mol. The molecule has 1 unspecified atom stereocenters. The summed E-state index contributed by atoms with van der Waals surface area (Å²) in [5.74, 6) is 0. The van der Waals surface area contributed by atoms with Crippen molar-refractivity contribution in [2.45, 2.75) is 56.6 Å². The van der Waals surface area contributed by atoms with Gasteiger partial charge in [-0.15, -0.1) is 0 Å². The Morgan fingerprint density at radius 2 is 2.00 bits per heavy atom. The molecule has 1 aromatic rings. The summed E-state index contributed by atoms with van der Waals surface area (Å²) in [6.07, 6.45) is 1.39. The smallest absolute Gasteiger partial charge is 0.407 e. The molecule has 1 aromatic carbocycles. The zero-order chi connectivity index (χ0) is 20.2. The highest BCUT2D eigenvalue weighted by Gasteiger charge is 2.37. The van der Waals surface area contributed by atoms with Crippen molar-refractivity contribution in [3.8, 4) is 0 Å². The van der Waals surface area contributed by atoms with E-state index in [1.807, 2.05) is 0 Å². The summed E-state index contributed by atoms with van der Waals surface area (Å²) in [7, 11) is -4.07. The Morgan fingerprint density at radius 3 is 2.63 bits per heavy atom. The maximum atomic E-state index is 13.1. The van der Waals surface area contributed by atoms with E-state index in [-0.39, 0.29) is 18.0 Å². The van der Waals surface area contributed by atoms with Gasteiger partial charge in [-0.3, -0.25) is 10.1 Å². The molecule has 27 heavy (non-hydrogen) atoms. The van der Waals surface area contributed by atoms with E-state index < -0.39 is 38.4 Å². The van der Waals surface area contributed by atoms with Gasteiger partial charge < -0.3 is 10.1 Å². The number of alkyl carbamates (subject to hydrolysis) is 1. The van der Waals surface area contributed by atoms with E-state index in [9.17, 15) is 23.3 Å². The van der Waals surface area contributed by atoms with Crippen LogP contribution in [0.4, 0.5) is 10.5 Å². The summed E-state index contributed by atoms with van der Waals surface area (Å²) < 4.78 is 32.6. The van der Waals surface area contributed by atoms with Crippen LogP contribution in [0.25, 0.3) is 0 Å². The van der Waals surface area contributed by atoms with E-state index in [0.29, 0.717) is 12.8 Å². The van der Waals surface area contributed by atoms with Gasteiger partial charge in [0.25, 0.3) is 5.69 Å². The minimum Gasteiger partial charge on any atom is -0.444 e. The van der Waals surface area contributed by atoms with Crippen LogP contribution in [0.5, 0.6) is 0 Å². The van der Waals surface area contributed by atoms with Crippen molar-refractivity contribution in [1.82, 2.24) is 9.62 Å². The molecule has 1 saturated heterocycles. The molecule has 0 saturated carbocycles. The first-order valence-electron chi connectivity index (χ1n) is 8.74. The number of piperidine rings is 1. The Balaban J connectivity index is 2.21. The van der Waals surface area contributed by atoms with Gasteiger partial charge in [0.05, 0.1) is 4.92 Å². The van der Waals surface area contributed by atoms with Crippen LogP contribution < -0.4 is 5.32 Å². The Morgan fingerprint density at radius 1 is 1.33 bits per heavy atom. The first-order chi connectivity index (χ1) is 12.5. The van der Waals surface area contributed by atoms with Gasteiger partial charge in [0.15, 0.2) is 4.90 Å². The molecule has 2 rings (SSSR count). The molecule has 0 radical (unpaired) electrons. The van der Waals surface area contributed by atoms with Crippen LogP contribution in [0, 0.1) is 10.1 Å². The molecule has 0 aromatic heterocycles. The van der Waals surface area contributed by atoms with Crippen molar-refractivity contribution in [3.63, 3.8) is 0 Å². The third-order valence-electron chi connectivity index (χ3n) is 4.10. The van der Waals surface area contributed by atoms with E-state index in [1.54, 1.807) is 20.8 Å². The fraction of sp³-hybridized carbons (Fsp3) is 0.588. The van der Waals surface area contributed by atoms with Crippen LogP contribution in [0.15, 0.2) is 29.2 Å². The summed E-state index contributed by atoms with van der Waals surface area (Å²) >= 11 is 0. The lowest BCUT2D eigenvalue weighted by Crippen LogP contribution is -2.49. The summed E-state index contributed by atoms with van der Waals surface area (Å²) in [6, 6.07) is 4.80. The van der Waals surface area contributed by atoms with Crippen LogP contribution in [0.1, 0.15) is 40.0 Å². The number of carbonyl (C=O) groups excluding carboxylic acids is 1. The normalized spacial score (nSPS) is 18.7. The number of hydrogen-bond donors (Lipinski definition) is 1. The number of sulfonamides is 1. The second-order valence-corrected chi connectivity index (χ2v) is 9.23. The van der Waals surface area contributed by atoms with Crippen molar-refractivity contribution in [3.05, 3.63) is 34.4 Å². The summed E-state index contributed by atoms with van der Waals surface area (Å²) in [5.41, 5.74) is -1.12. The van der Waals surface area contributed by atoms with E-state index in [2.05, 4.69) is 5.32 Å². The Hall–Kier alpha value is -2.20. The number of hydrogen-bond acceptors (Lipinski definition) is 6. The molecule has 0 bridgehead atoms. The highest BCUT2D eigenvalue weighted by molar-refractivity contribution is 7.89. The van der Waals surface area contributed by atoms with Crippen molar-refractivity contribution in [2.24, 2.45) is 0 Å². The monoisotopic (exact) mass is 399 g/mol. The lowest BCUT2D eigenvalue weighted by molar-refractivity contribution is -0.387. The van der Waals surface area contributed by atoms with Crippen molar-refractivity contribution in [2.75, 3.05) is 13.1 Å². The van der Waals surface area contributed by atoms with Gasteiger partial charge in [0, 0.05) is 25.2 Å². The second kappa shape index (κ2) is 8.22. The van der Waals surface area contributed by atoms with E-state index in [1.165, 1.54) is 28.6 Å². The van der Waals surface area contributed by atoms with Gasteiger partial charge in [-0.05, 0) is 39.7 Å². The molecule has 1 aliphatic rings. The summed E-state index contributed by atoms with van der Waals surface area (Å²) in [5, 5.41) is 13.8. The Kier molecular flexibility index (Phi) is 6.42. The van der Waals surface area contributed by atoms with Crippen molar-refractivity contribution >= 4 is 21.8 Å². The number of carbonyl (C=O) groups is 1. The van der Waals surface area contributed by atoms with E-state index >= 15 is 0 Å². The minimum absolute atomic E-state index is 0.0781. The van der Waals surface area contributed by atoms with E-state index in [4.69, 9.17) is 4.74 Å². The van der Waals surface area contributed by atoms with E-state index in [0.717, 1.165) is 6.42 Å². The number of ether oxygens (including phenoxy) is 1. The standard InChI is InChI=1S/C17H25N3O6S/c1-17(2,3)26-16(21)18-12-13-8-6-7-11-19(13)27(24,25)15-10-5-4-9-14(15)20(22)23/h4-5,9-10,13H,6-8,11-12H2,1-3H3,(H,18,21). The molecule has 1 atom stereocenters. The first-order valence-corrected chi connectivity index (χ1v) is 10.2. The molecule has 0 aliphatic carbocycles. The minimum atomic E-state index is -4.07. The number of para-hydroxylation sites is 1. The maximum absolute atomic E-state index is 13.1. The molecule has 1 fully saturated rings. The number of amides is 1. The van der Waals surface area contributed by atoms with Crippen LogP contribution in [0.3, 0.4) is 0 Å². The van der Waals surface area contributed by atoms with Gasteiger partial charge >= 0.3 is 6.09 Å². The topological polar surface area (TPSA) is 119 Å². The predicted molar refractivity (Wildman–Crippen MR) is 98.9 cm³/mol. The fourth-order valence-corrected chi connectivity index (χ4v) is 4.81. The molecule has 1 heterocycles. The first kappa shape index (κ1) is 21.1. The molecule has 150 valence electrons. The van der Waals surface area contributed by atoms with Crippen LogP contribution in [0.2, 0.25) is 0 Å². The van der Waals surface area contributed by atoms with Crippen molar-refractivity contribution < 1.29 is 22.9 Å². The molecular weight excluding hydrogens is 374 g/mol. The van der Waals surface area contributed by atoms with Gasteiger partial charge in [-0.2, -0.15) is 4.31 Å². The largest absolute Gasteiger partial charge is 0.444 e. The van der Waals surface area contributed by atoms with Gasteiger partial charge in [-0.25, -0.2) is 13.2 Å². The van der Waals surface area contributed by atoms with Crippen molar-refractivity contribution in [1.29, 1.82) is 0 Å². The molecular formula is C17H25N3O6S. The maximum Gasteiger partial charge on any atom is 0.407 e. The van der Waals surface area contributed by atoms with Crippen LogP contribution >= 0.6 is 0 Å². The third kappa shape index (κ3) is 5.39. The highest BCUT2D eigenvalue weighted by Crippen LogP contribution is 2.30. The number of rotatable bonds is 5. The molecule has 1 amide bonds. The summed E-state index contributed by atoms with van der Waals surface area (Å²) in [6.45, 7) is 5.53. The lowest BCUT2D eigenvalue weighted by Gasteiger charge is -2.34. The molecule has 1 N–H and O–H groups in total. The zero-order valence-electron chi connectivity index (χ0n) is 15.7. The number of nitrogens with zero attached hydrogens (tertiary/aromatic N) is 2. The Labute approximate surface area is 158 Å². The third-order valence-corrected chi connectivity index (χ3v) is 6.10. The molecule has 1 aliphatic heterocycles. The highest BCUT2D eigenvalue weighted by atomic mass is 32.2. The lowest BCUT2D eigenvalue weighted by atomic mass is 10.1. The van der Waals surface area contributed by atoms with Gasteiger partial charge in [0.2, 0.25) is 10.0 Å². The SMILES string of the molecule is CC(C)(C)OC(=O)NCC1CCCCN1S(=O)(=O)c1ccccc1[N+](=O)[O-]. The number of nitro benzene ring substituents is 1. The number of benzene rings is 1. The van der Waals surface area contributed by atoms with Gasteiger partial charge in [-0.1, -0.05) is 18.6 Å². The van der Waals surface area contributed by atoms with Gasteiger partial charge in [0.1, 0.15) is 5.60 Å². The number of nitro groups is 1. The quantitative estimate of drug-likeness (QED) is 0.600. The Bertz CT molecular complexity index is 803. The predicted octanol–water partition coefficient (Wildman–Crippen LogP) is 2.66. The fourth-order valence-electron chi connectivity index (χ4n) is 2.96. The zero-order valence-corrected chi connectivity index (χ0v) is 16.5. The van der Waals surface area contributed by atoms with Crippen LogP contribution in [-0.2, 0) is 14.8 Å². The average Bonchev–Trinajstić information content (AvgIpc) is 2.58. The molecule has 10 heteroatoms. The number of nitrogens with one attached hydrogen (secondary N) is 1. The molecule has 0 spiro atoms.